The summed E-state index contributed by atoms with van der Waals surface area (Å²) >= 11 is 0. The van der Waals surface area contributed by atoms with E-state index in [0.717, 1.165) is 12.3 Å². The van der Waals surface area contributed by atoms with Gasteiger partial charge in [-0.2, -0.15) is 13.2 Å². The average Bonchev–Trinajstić information content (AvgIpc) is 2.80. The van der Waals surface area contributed by atoms with Crippen LogP contribution >= 0.6 is 0 Å². The third kappa shape index (κ3) is 3.63. The van der Waals surface area contributed by atoms with E-state index in [1.54, 1.807) is 6.92 Å². The molecule has 0 aliphatic rings. The van der Waals surface area contributed by atoms with Crippen LogP contribution in [0, 0.1) is 13.8 Å². The topological polar surface area (TPSA) is 85.1 Å². The molecule has 0 fully saturated rings. The van der Waals surface area contributed by atoms with E-state index in [2.05, 4.69) is 20.3 Å². The third-order valence-electron chi connectivity index (χ3n) is 3.29. The van der Waals surface area contributed by atoms with Gasteiger partial charge in [-0.1, -0.05) is 11.2 Å². The van der Waals surface area contributed by atoms with E-state index in [1.165, 1.54) is 13.0 Å². The van der Waals surface area contributed by atoms with Gasteiger partial charge in [-0.3, -0.25) is 0 Å². The first-order valence-electron chi connectivity index (χ1n) is 6.44. The van der Waals surface area contributed by atoms with Crippen LogP contribution in [0.4, 0.5) is 19.0 Å². The first-order valence-corrected chi connectivity index (χ1v) is 8.33. The van der Waals surface area contributed by atoms with Crippen LogP contribution in [0.5, 0.6) is 0 Å². The fourth-order valence-electron chi connectivity index (χ4n) is 2.20. The summed E-state index contributed by atoms with van der Waals surface area (Å²) in [6, 6.07) is 2.01. The molecule has 0 spiro atoms. The number of nitrogens with one attached hydrogen (secondary N) is 1. The zero-order chi connectivity index (χ0) is 17.4. The van der Waals surface area contributed by atoms with Crippen LogP contribution in [0.15, 0.2) is 21.7 Å². The number of halogens is 3. The maximum absolute atomic E-state index is 13.0. The minimum Gasteiger partial charge on any atom is -0.362 e. The molecule has 0 radical (unpaired) electrons. The summed E-state index contributed by atoms with van der Waals surface area (Å²) in [4.78, 5) is -0.709. The predicted octanol–water partition coefficient (Wildman–Crippen LogP) is 2.72. The number of alkyl halides is 3. The molecule has 0 bridgehead atoms. The van der Waals surface area contributed by atoms with Gasteiger partial charge in [-0.25, -0.2) is 13.0 Å². The number of rotatable bonds is 4. The molecule has 126 valence electrons. The molecule has 10 heteroatoms. The average molecular weight is 349 g/mol. The van der Waals surface area contributed by atoms with E-state index in [-0.39, 0.29) is 12.1 Å². The van der Waals surface area contributed by atoms with Gasteiger partial charge in [-0.05, 0) is 36.2 Å². The summed E-state index contributed by atoms with van der Waals surface area (Å²) in [5.74, 6) is 0.338. The van der Waals surface area contributed by atoms with Crippen LogP contribution in [0.25, 0.3) is 0 Å². The van der Waals surface area contributed by atoms with Crippen molar-refractivity contribution in [2.45, 2.75) is 31.5 Å². The normalized spacial score (nSPS) is 12.4. The number of benzene rings is 1. The van der Waals surface area contributed by atoms with Crippen LogP contribution in [0.2, 0.25) is 0 Å². The molecule has 6 nitrogen and oxygen atoms in total. The first-order chi connectivity index (χ1) is 10.5. The molecule has 0 atom stereocenters. The smallest absolute Gasteiger partial charge is 0.362 e. The van der Waals surface area contributed by atoms with Crippen LogP contribution in [0.1, 0.15) is 22.4 Å². The van der Waals surface area contributed by atoms with Gasteiger partial charge < -0.3 is 5.32 Å². The maximum atomic E-state index is 13.0. The van der Waals surface area contributed by atoms with E-state index in [1.807, 2.05) is 0 Å². The first kappa shape index (κ1) is 17.3. The zero-order valence-electron chi connectivity index (χ0n) is 12.5. The van der Waals surface area contributed by atoms with Crippen LogP contribution in [-0.4, -0.2) is 25.0 Å². The van der Waals surface area contributed by atoms with Crippen molar-refractivity contribution in [2.24, 2.45) is 0 Å². The Morgan fingerprint density at radius 2 is 1.87 bits per heavy atom. The molecule has 1 aromatic carbocycles. The van der Waals surface area contributed by atoms with E-state index < -0.39 is 26.5 Å². The number of hydrogen-bond acceptors (Lipinski definition) is 6. The monoisotopic (exact) mass is 349 g/mol. The highest BCUT2D eigenvalue weighted by Crippen LogP contribution is 2.37. The number of anilines is 1. The van der Waals surface area contributed by atoms with Gasteiger partial charge in [0.05, 0.1) is 10.5 Å². The lowest BCUT2D eigenvalue weighted by atomic mass is 10.0. The molecule has 1 N–H and O–H groups in total. The maximum Gasteiger partial charge on any atom is 0.417 e. The summed E-state index contributed by atoms with van der Waals surface area (Å²) in [5.41, 5.74) is -0.233. The van der Waals surface area contributed by atoms with Crippen LogP contribution in [0.3, 0.4) is 0 Å². The van der Waals surface area contributed by atoms with Crippen molar-refractivity contribution < 1.29 is 26.2 Å². The Morgan fingerprint density at radius 3 is 2.35 bits per heavy atom. The fourth-order valence-corrected chi connectivity index (χ4v) is 3.47. The van der Waals surface area contributed by atoms with Gasteiger partial charge in [0.15, 0.2) is 15.7 Å². The quantitative estimate of drug-likeness (QED) is 0.913. The van der Waals surface area contributed by atoms with E-state index in [9.17, 15) is 21.6 Å². The van der Waals surface area contributed by atoms with E-state index >= 15 is 0 Å². The van der Waals surface area contributed by atoms with Crippen LogP contribution in [-0.2, 0) is 22.6 Å². The highest BCUT2D eigenvalue weighted by atomic mass is 32.2. The molecule has 0 saturated heterocycles. The molecule has 23 heavy (non-hydrogen) atoms. The summed E-state index contributed by atoms with van der Waals surface area (Å²) in [6.45, 7) is 3.07. The molecule has 0 aliphatic carbocycles. The van der Waals surface area contributed by atoms with Crippen molar-refractivity contribution in [3.63, 3.8) is 0 Å². The Balaban J connectivity index is 2.45. The minimum absolute atomic E-state index is 0.0453. The highest BCUT2D eigenvalue weighted by Gasteiger charge is 2.37. The largest absolute Gasteiger partial charge is 0.417 e. The van der Waals surface area contributed by atoms with Crippen molar-refractivity contribution in [1.29, 1.82) is 0 Å². The third-order valence-corrected chi connectivity index (χ3v) is 4.56. The van der Waals surface area contributed by atoms with Crippen LogP contribution < -0.4 is 5.32 Å². The fraction of sp³-hybridized carbons (Fsp3) is 0.385. The molecule has 0 aliphatic heterocycles. The molecule has 0 unspecified atom stereocenters. The summed E-state index contributed by atoms with van der Waals surface area (Å²) in [6.07, 6.45) is -3.99. The zero-order valence-corrected chi connectivity index (χ0v) is 13.3. The van der Waals surface area contributed by atoms with Gasteiger partial charge in [0, 0.05) is 12.8 Å². The molecule has 0 saturated carbocycles. The molecular formula is C13H14F3N3O3S. The van der Waals surface area contributed by atoms with Gasteiger partial charge in [0.25, 0.3) is 0 Å². The Bertz CT molecular complexity index is 829. The van der Waals surface area contributed by atoms with Crippen molar-refractivity contribution in [3.05, 3.63) is 34.5 Å². The summed E-state index contributed by atoms with van der Waals surface area (Å²) in [5, 5.41) is 10.00. The molecular weight excluding hydrogens is 335 g/mol. The highest BCUT2D eigenvalue weighted by molar-refractivity contribution is 7.90. The second kappa shape index (κ2) is 5.84. The summed E-state index contributed by atoms with van der Waals surface area (Å²) < 4.78 is 67.2. The van der Waals surface area contributed by atoms with Gasteiger partial charge >= 0.3 is 6.18 Å². The lowest BCUT2D eigenvalue weighted by Gasteiger charge is -2.17. The molecule has 2 aromatic rings. The van der Waals surface area contributed by atoms with Gasteiger partial charge in [0.2, 0.25) is 0 Å². The predicted molar refractivity (Wildman–Crippen MR) is 75.7 cm³/mol. The Kier molecular flexibility index (Phi) is 4.38. The van der Waals surface area contributed by atoms with Gasteiger partial charge in [0.1, 0.15) is 5.69 Å². The standard InChI is InChI=1S/C13H14F3N3O3S/c1-7-9(6-17-12-8(2)18-22-19-12)4-5-10(13(14,15)16)11(7)23(3,20)21/h4-5H,6H2,1-3H3,(H,17,19). The summed E-state index contributed by atoms with van der Waals surface area (Å²) in [7, 11) is -4.04. The number of aryl methyl sites for hydroxylation is 1. The van der Waals surface area contributed by atoms with Gasteiger partial charge in [-0.15, -0.1) is 0 Å². The Hall–Kier alpha value is -2.10. The minimum atomic E-state index is -4.75. The lowest BCUT2D eigenvalue weighted by Crippen LogP contribution is -2.16. The number of nitrogens with zero attached hydrogens (tertiary/aromatic N) is 2. The van der Waals surface area contributed by atoms with E-state index in [0.29, 0.717) is 17.1 Å². The Labute approximate surface area is 130 Å². The van der Waals surface area contributed by atoms with E-state index in [4.69, 9.17) is 0 Å². The van der Waals surface area contributed by atoms with Crippen molar-refractivity contribution in [2.75, 3.05) is 11.6 Å². The number of aromatic nitrogens is 2. The molecule has 0 amide bonds. The number of hydrogen-bond donors (Lipinski definition) is 1. The molecule has 2 rings (SSSR count). The second-order valence-electron chi connectivity index (χ2n) is 5.05. The Morgan fingerprint density at radius 1 is 1.22 bits per heavy atom. The lowest BCUT2D eigenvalue weighted by molar-refractivity contribution is -0.139. The van der Waals surface area contributed by atoms with Crippen molar-refractivity contribution >= 4 is 15.7 Å². The van der Waals surface area contributed by atoms with Crippen molar-refractivity contribution in [1.82, 2.24) is 10.3 Å². The SMILES string of the molecule is Cc1nonc1NCc1ccc(C(F)(F)F)c(S(C)(=O)=O)c1C. The second-order valence-corrected chi connectivity index (χ2v) is 7.00. The number of sulfone groups is 1. The molecule has 1 heterocycles. The molecule has 1 aromatic heterocycles. The van der Waals surface area contributed by atoms with Crippen molar-refractivity contribution in [3.8, 4) is 0 Å².